The van der Waals surface area contributed by atoms with Crippen LogP contribution in [0.4, 0.5) is 5.69 Å². The zero-order valence-corrected chi connectivity index (χ0v) is 18.1. The molecule has 6 heteroatoms. The molecule has 0 radical (unpaired) electrons. The Bertz CT molecular complexity index is 1340. The van der Waals surface area contributed by atoms with E-state index in [9.17, 15) is 9.59 Å². The lowest BCUT2D eigenvalue weighted by molar-refractivity contribution is 0.0731. The van der Waals surface area contributed by atoms with Crippen LogP contribution in [0.25, 0.3) is 22.3 Å². The summed E-state index contributed by atoms with van der Waals surface area (Å²) in [6.07, 6.45) is 0. The Kier molecular flexibility index (Phi) is 5.53. The number of benzene rings is 3. The van der Waals surface area contributed by atoms with Crippen molar-refractivity contribution >= 4 is 34.2 Å². The second kappa shape index (κ2) is 8.28. The number of carbonyl (C=O) groups is 1. The molecule has 0 saturated heterocycles. The average molecular weight is 434 g/mol. The zero-order chi connectivity index (χ0) is 22.1. The predicted molar refractivity (Wildman–Crippen MR) is 123 cm³/mol. The Morgan fingerprint density at radius 3 is 2.39 bits per heavy atom. The van der Waals surface area contributed by atoms with E-state index in [1.807, 2.05) is 25.9 Å². The second-order valence-electron chi connectivity index (χ2n) is 7.40. The third-order valence-electron chi connectivity index (χ3n) is 4.94. The molecule has 1 heterocycles. The maximum atomic E-state index is 13.3. The molecule has 0 bridgehead atoms. The summed E-state index contributed by atoms with van der Waals surface area (Å²) in [7, 11) is 3.82. The SMILES string of the molecule is Cc1ccc2c(=O)c(OC(=O)c3ccc(N(C)C)cc3)c(-c3ccccc3Cl)oc2c1. The van der Waals surface area contributed by atoms with Crippen molar-refractivity contribution in [3.05, 3.63) is 93.1 Å². The Hall–Kier alpha value is -3.57. The molecular formula is C25H20ClNO4. The average Bonchev–Trinajstić information content (AvgIpc) is 2.76. The van der Waals surface area contributed by atoms with Crippen molar-refractivity contribution in [2.45, 2.75) is 6.92 Å². The lowest BCUT2D eigenvalue weighted by Gasteiger charge is -2.13. The first-order valence-electron chi connectivity index (χ1n) is 9.67. The summed E-state index contributed by atoms with van der Waals surface area (Å²) in [5.74, 6) is -0.726. The van der Waals surface area contributed by atoms with Crippen LogP contribution in [0.5, 0.6) is 5.75 Å². The lowest BCUT2D eigenvalue weighted by Crippen LogP contribution is -2.16. The molecule has 0 unspecified atom stereocenters. The van der Waals surface area contributed by atoms with E-state index in [1.54, 1.807) is 66.7 Å². The smallest absolute Gasteiger partial charge is 0.343 e. The van der Waals surface area contributed by atoms with Gasteiger partial charge >= 0.3 is 5.97 Å². The molecule has 0 spiro atoms. The van der Waals surface area contributed by atoms with Crippen molar-refractivity contribution in [3.63, 3.8) is 0 Å². The standard InChI is InChI=1S/C25H20ClNO4/c1-15-8-13-19-21(14-15)30-23(18-6-4-5-7-20(18)26)24(22(19)28)31-25(29)16-9-11-17(12-10-16)27(2)3/h4-14H,1-3H3. The minimum atomic E-state index is -0.655. The van der Waals surface area contributed by atoms with Gasteiger partial charge in [-0.2, -0.15) is 0 Å². The molecular weight excluding hydrogens is 414 g/mol. The quantitative estimate of drug-likeness (QED) is 0.386. The van der Waals surface area contributed by atoms with E-state index < -0.39 is 11.4 Å². The molecule has 4 aromatic rings. The number of fused-ring (bicyclic) bond motifs is 1. The first-order valence-corrected chi connectivity index (χ1v) is 10.0. The van der Waals surface area contributed by atoms with Gasteiger partial charge in [-0.1, -0.05) is 29.8 Å². The molecule has 156 valence electrons. The topological polar surface area (TPSA) is 59.8 Å². The Balaban J connectivity index is 1.85. The Morgan fingerprint density at radius 1 is 1.00 bits per heavy atom. The van der Waals surface area contributed by atoms with E-state index in [0.29, 0.717) is 27.1 Å². The first kappa shape index (κ1) is 20.7. The summed E-state index contributed by atoms with van der Waals surface area (Å²) < 4.78 is 11.6. The van der Waals surface area contributed by atoms with Crippen LogP contribution in [-0.2, 0) is 0 Å². The normalized spacial score (nSPS) is 10.8. The van der Waals surface area contributed by atoms with Gasteiger partial charge in [0, 0.05) is 25.3 Å². The molecule has 0 saturated carbocycles. The fourth-order valence-corrected chi connectivity index (χ4v) is 3.47. The highest BCUT2D eigenvalue weighted by atomic mass is 35.5. The molecule has 0 fully saturated rings. The zero-order valence-electron chi connectivity index (χ0n) is 17.3. The van der Waals surface area contributed by atoms with Gasteiger partial charge in [0.15, 0.2) is 5.76 Å². The highest BCUT2D eigenvalue weighted by molar-refractivity contribution is 6.33. The summed E-state index contributed by atoms with van der Waals surface area (Å²) in [6.45, 7) is 1.90. The maximum absolute atomic E-state index is 13.3. The van der Waals surface area contributed by atoms with Crippen LogP contribution in [0.15, 0.2) is 75.9 Å². The van der Waals surface area contributed by atoms with E-state index in [0.717, 1.165) is 11.3 Å². The van der Waals surface area contributed by atoms with Crippen molar-refractivity contribution in [2.75, 3.05) is 19.0 Å². The molecule has 1 aromatic heterocycles. The molecule has 5 nitrogen and oxygen atoms in total. The lowest BCUT2D eigenvalue weighted by atomic mass is 10.1. The van der Waals surface area contributed by atoms with E-state index >= 15 is 0 Å². The number of carbonyl (C=O) groups excluding carboxylic acids is 1. The largest absolute Gasteiger partial charge is 0.452 e. The molecule has 0 aliphatic rings. The summed E-state index contributed by atoms with van der Waals surface area (Å²) in [5.41, 5.74) is 2.62. The summed E-state index contributed by atoms with van der Waals surface area (Å²) in [5, 5.41) is 0.706. The van der Waals surface area contributed by atoms with E-state index in [2.05, 4.69) is 0 Å². The number of rotatable bonds is 4. The summed E-state index contributed by atoms with van der Waals surface area (Å²) >= 11 is 6.36. The molecule has 3 aromatic carbocycles. The maximum Gasteiger partial charge on any atom is 0.343 e. The van der Waals surface area contributed by atoms with Gasteiger partial charge in [0.25, 0.3) is 0 Å². The number of aryl methyl sites for hydroxylation is 1. The van der Waals surface area contributed by atoms with Crippen LogP contribution in [0.2, 0.25) is 5.02 Å². The Morgan fingerprint density at radius 2 is 1.71 bits per heavy atom. The van der Waals surface area contributed by atoms with Crippen molar-refractivity contribution in [3.8, 4) is 17.1 Å². The van der Waals surface area contributed by atoms with Gasteiger partial charge in [0.2, 0.25) is 11.2 Å². The molecule has 0 N–H and O–H groups in total. The minimum absolute atomic E-state index is 0.118. The third kappa shape index (κ3) is 4.05. The van der Waals surface area contributed by atoms with Gasteiger partial charge in [-0.15, -0.1) is 0 Å². The number of hydrogen-bond acceptors (Lipinski definition) is 5. The first-order chi connectivity index (χ1) is 14.8. The van der Waals surface area contributed by atoms with Crippen molar-refractivity contribution < 1.29 is 13.9 Å². The minimum Gasteiger partial charge on any atom is -0.452 e. The molecule has 4 rings (SSSR count). The number of esters is 1. The fourth-order valence-electron chi connectivity index (χ4n) is 3.25. The molecule has 0 aliphatic carbocycles. The highest BCUT2D eigenvalue weighted by Crippen LogP contribution is 2.35. The van der Waals surface area contributed by atoms with Gasteiger partial charge < -0.3 is 14.1 Å². The van der Waals surface area contributed by atoms with Crippen LogP contribution in [0.1, 0.15) is 15.9 Å². The van der Waals surface area contributed by atoms with Crippen LogP contribution in [0, 0.1) is 6.92 Å². The third-order valence-corrected chi connectivity index (χ3v) is 5.27. The van der Waals surface area contributed by atoms with E-state index in [4.69, 9.17) is 20.8 Å². The number of nitrogens with zero attached hydrogens (tertiary/aromatic N) is 1. The van der Waals surface area contributed by atoms with Gasteiger partial charge in [0.1, 0.15) is 5.58 Å². The fraction of sp³-hybridized carbons (Fsp3) is 0.120. The summed E-state index contributed by atoms with van der Waals surface area (Å²) in [6, 6.07) is 19.1. The van der Waals surface area contributed by atoms with Crippen LogP contribution >= 0.6 is 11.6 Å². The highest BCUT2D eigenvalue weighted by Gasteiger charge is 2.22. The summed E-state index contributed by atoms with van der Waals surface area (Å²) in [4.78, 5) is 28.0. The molecule has 0 amide bonds. The van der Waals surface area contributed by atoms with Gasteiger partial charge in [-0.05, 0) is 61.0 Å². The predicted octanol–water partition coefficient (Wildman–Crippen LogP) is 5.71. The van der Waals surface area contributed by atoms with Crippen molar-refractivity contribution in [1.29, 1.82) is 0 Å². The number of ether oxygens (including phenoxy) is 1. The van der Waals surface area contributed by atoms with Crippen molar-refractivity contribution in [2.24, 2.45) is 0 Å². The number of hydrogen-bond donors (Lipinski definition) is 0. The van der Waals surface area contributed by atoms with Gasteiger partial charge in [-0.25, -0.2) is 4.79 Å². The Labute approximate surface area is 184 Å². The molecule has 31 heavy (non-hydrogen) atoms. The molecule has 0 atom stereocenters. The number of anilines is 1. The monoisotopic (exact) mass is 433 g/mol. The van der Waals surface area contributed by atoms with Crippen LogP contribution in [0.3, 0.4) is 0 Å². The number of halogens is 1. The van der Waals surface area contributed by atoms with Gasteiger partial charge in [-0.3, -0.25) is 4.79 Å². The van der Waals surface area contributed by atoms with Crippen LogP contribution in [-0.4, -0.2) is 20.1 Å². The van der Waals surface area contributed by atoms with Crippen LogP contribution < -0.4 is 15.1 Å². The van der Waals surface area contributed by atoms with Crippen molar-refractivity contribution in [1.82, 2.24) is 0 Å². The van der Waals surface area contributed by atoms with E-state index in [-0.39, 0.29) is 11.5 Å². The molecule has 0 aliphatic heterocycles. The van der Waals surface area contributed by atoms with E-state index in [1.165, 1.54) is 0 Å². The van der Waals surface area contributed by atoms with Gasteiger partial charge in [0.05, 0.1) is 16.0 Å². The second-order valence-corrected chi connectivity index (χ2v) is 7.81.